The van der Waals surface area contributed by atoms with Crippen LogP contribution in [0.15, 0.2) is 0 Å². The summed E-state index contributed by atoms with van der Waals surface area (Å²) >= 11 is 0. The van der Waals surface area contributed by atoms with Gasteiger partial charge in [0.05, 0.1) is 6.61 Å². The predicted octanol–water partition coefficient (Wildman–Crippen LogP) is 0.954. The van der Waals surface area contributed by atoms with Crippen LogP contribution in [-0.4, -0.2) is 51.3 Å². The zero-order valence-corrected chi connectivity index (χ0v) is 9.87. The van der Waals surface area contributed by atoms with Crippen LogP contribution in [0.1, 0.15) is 19.3 Å². The summed E-state index contributed by atoms with van der Waals surface area (Å²) < 4.78 is 5.20. The van der Waals surface area contributed by atoms with E-state index in [9.17, 15) is 0 Å². The predicted molar refractivity (Wildman–Crippen MR) is 62.0 cm³/mol. The van der Waals surface area contributed by atoms with Gasteiger partial charge in [-0.05, 0) is 44.2 Å². The molecule has 0 bridgehead atoms. The molecule has 15 heavy (non-hydrogen) atoms. The van der Waals surface area contributed by atoms with E-state index in [-0.39, 0.29) is 0 Å². The first kappa shape index (κ1) is 11.4. The van der Waals surface area contributed by atoms with E-state index in [1.165, 1.54) is 45.4 Å². The molecule has 0 aromatic carbocycles. The highest BCUT2D eigenvalue weighted by atomic mass is 16.5. The van der Waals surface area contributed by atoms with Crippen LogP contribution in [0.5, 0.6) is 0 Å². The minimum Gasteiger partial charge on any atom is -0.384 e. The van der Waals surface area contributed by atoms with Gasteiger partial charge in [0.2, 0.25) is 0 Å². The lowest BCUT2D eigenvalue weighted by Gasteiger charge is -2.16. The monoisotopic (exact) mass is 212 g/mol. The van der Waals surface area contributed by atoms with E-state index in [4.69, 9.17) is 4.74 Å². The zero-order valence-electron chi connectivity index (χ0n) is 9.87. The first-order valence-electron chi connectivity index (χ1n) is 6.30. The summed E-state index contributed by atoms with van der Waals surface area (Å²) in [4.78, 5) is 2.56. The van der Waals surface area contributed by atoms with Gasteiger partial charge in [-0.2, -0.15) is 0 Å². The molecule has 3 heteroatoms. The second kappa shape index (κ2) is 5.83. The van der Waals surface area contributed by atoms with Crippen molar-refractivity contribution in [1.29, 1.82) is 0 Å². The van der Waals surface area contributed by atoms with Crippen molar-refractivity contribution in [3.63, 3.8) is 0 Å². The Hall–Kier alpha value is -0.120. The molecule has 0 radical (unpaired) electrons. The molecule has 2 rings (SSSR count). The number of rotatable bonds is 7. The summed E-state index contributed by atoms with van der Waals surface area (Å²) in [5, 5.41) is 3.55. The Labute approximate surface area is 93.2 Å². The molecule has 88 valence electrons. The van der Waals surface area contributed by atoms with Crippen molar-refractivity contribution in [1.82, 2.24) is 10.2 Å². The normalized spacial score (nSPS) is 27.4. The number of nitrogens with zero attached hydrogens (tertiary/aromatic N) is 1. The molecule has 1 N–H and O–H groups in total. The molecule has 1 aliphatic heterocycles. The van der Waals surface area contributed by atoms with Gasteiger partial charge in [-0.25, -0.2) is 0 Å². The second-order valence-corrected chi connectivity index (χ2v) is 5.06. The summed E-state index contributed by atoms with van der Waals surface area (Å²) in [5.74, 6) is 1.78. The molecule has 1 saturated heterocycles. The SMILES string of the molecule is COCC1CCN(CCNCC2CC2)C1. The van der Waals surface area contributed by atoms with E-state index in [0.717, 1.165) is 25.0 Å². The molecule has 3 nitrogen and oxygen atoms in total. The van der Waals surface area contributed by atoms with E-state index in [0.29, 0.717) is 0 Å². The molecule has 0 aromatic heterocycles. The molecule has 1 unspecified atom stereocenters. The van der Waals surface area contributed by atoms with E-state index in [1.54, 1.807) is 7.11 Å². The van der Waals surface area contributed by atoms with E-state index < -0.39 is 0 Å². The molecule has 2 fully saturated rings. The van der Waals surface area contributed by atoms with Crippen LogP contribution in [-0.2, 0) is 4.74 Å². The van der Waals surface area contributed by atoms with Gasteiger partial charge in [0.15, 0.2) is 0 Å². The molecule has 1 saturated carbocycles. The van der Waals surface area contributed by atoms with Gasteiger partial charge in [0, 0.05) is 26.7 Å². The standard InChI is InChI=1S/C12H24N2O/c1-15-10-12-4-6-14(9-12)7-5-13-8-11-2-3-11/h11-13H,2-10H2,1H3. The lowest BCUT2D eigenvalue weighted by Crippen LogP contribution is -2.31. The summed E-state index contributed by atoms with van der Waals surface area (Å²) in [7, 11) is 1.81. The Balaban J connectivity index is 1.48. The molecule has 1 atom stereocenters. The number of likely N-dealkylation sites (tertiary alicyclic amines) is 1. The first-order chi connectivity index (χ1) is 7.38. The van der Waals surface area contributed by atoms with Gasteiger partial charge in [0.25, 0.3) is 0 Å². The van der Waals surface area contributed by atoms with Crippen LogP contribution in [0.3, 0.4) is 0 Å². The Bertz CT molecular complexity index is 182. The van der Waals surface area contributed by atoms with Crippen molar-refractivity contribution in [3.05, 3.63) is 0 Å². The average Bonchev–Trinajstić information content (AvgIpc) is 2.95. The quantitative estimate of drug-likeness (QED) is 0.636. The van der Waals surface area contributed by atoms with Crippen LogP contribution >= 0.6 is 0 Å². The fourth-order valence-corrected chi connectivity index (χ4v) is 2.35. The minimum atomic E-state index is 0.776. The number of ether oxygens (including phenoxy) is 1. The fraction of sp³-hybridized carbons (Fsp3) is 1.00. The van der Waals surface area contributed by atoms with Crippen molar-refractivity contribution in [2.45, 2.75) is 19.3 Å². The Kier molecular flexibility index (Phi) is 4.42. The lowest BCUT2D eigenvalue weighted by atomic mass is 10.1. The zero-order chi connectivity index (χ0) is 10.5. The van der Waals surface area contributed by atoms with Gasteiger partial charge >= 0.3 is 0 Å². The molecule has 1 heterocycles. The van der Waals surface area contributed by atoms with Gasteiger partial charge in [-0.1, -0.05) is 0 Å². The third kappa shape index (κ3) is 4.09. The first-order valence-corrected chi connectivity index (χ1v) is 6.30. The Morgan fingerprint density at radius 2 is 2.13 bits per heavy atom. The van der Waals surface area contributed by atoms with Crippen molar-refractivity contribution in [3.8, 4) is 0 Å². The molecule has 2 aliphatic rings. The third-order valence-corrected chi connectivity index (χ3v) is 3.51. The van der Waals surface area contributed by atoms with Gasteiger partial charge in [-0.3, -0.25) is 0 Å². The van der Waals surface area contributed by atoms with Gasteiger partial charge < -0.3 is 15.0 Å². The molecular weight excluding hydrogens is 188 g/mol. The van der Waals surface area contributed by atoms with Crippen molar-refractivity contribution in [2.75, 3.05) is 46.4 Å². The van der Waals surface area contributed by atoms with Crippen LogP contribution in [0.4, 0.5) is 0 Å². The lowest BCUT2D eigenvalue weighted by molar-refractivity contribution is 0.153. The maximum Gasteiger partial charge on any atom is 0.0503 e. The number of hydrogen-bond acceptors (Lipinski definition) is 3. The maximum atomic E-state index is 5.20. The van der Waals surface area contributed by atoms with E-state index in [1.807, 2.05) is 0 Å². The average molecular weight is 212 g/mol. The van der Waals surface area contributed by atoms with Gasteiger partial charge in [-0.15, -0.1) is 0 Å². The highest BCUT2D eigenvalue weighted by Gasteiger charge is 2.22. The molecule has 0 aromatic rings. The van der Waals surface area contributed by atoms with E-state index >= 15 is 0 Å². The van der Waals surface area contributed by atoms with Crippen molar-refractivity contribution < 1.29 is 4.74 Å². The van der Waals surface area contributed by atoms with Crippen LogP contribution in [0.2, 0.25) is 0 Å². The highest BCUT2D eigenvalue weighted by Crippen LogP contribution is 2.27. The maximum absolute atomic E-state index is 5.20. The highest BCUT2D eigenvalue weighted by molar-refractivity contribution is 4.77. The summed E-state index contributed by atoms with van der Waals surface area (Å²) in [6, 6.07) is 0. The molecule has 1 aliphatic carbocycles. The smallest absolute Gasteiger partial charge is 0.0503 e. The Morgan fingerprint density at radius 3 is 2.87 bits per heavy atom. The molecule has 0 spiro atoms. The minimum absolute atomic E-state index is 0.776. The summed E-state index contributed by atoms with van der Waals surface area (Å²) in [5.41, 5.74) is 0. The Morgan fingerprint density at radius 1 is 1.27 bits per heavy atom. The second-order valence-electron chi connectivity index (χ2n) is 5.06. The molecule has 0 amide bonds. The summed E-state index contributed by atoms with van der Waals surface area (Å²) in [6.07, 6.45) is 4.22. The van der Waals surface area contributed by atoms with Crippen LogP contribution in [0, 0.1) is 11.8 Å². The fourth-order valence-electron chi connectivity index (χ4n) is 2.35. The van der Waals surface area contributed by atoms with Crippen LogP contribution < -0.4 is 5.32 Å². The van der Waals surface area contributed by atoms with Crippen LogP contribution in [0.25, 0.3) is 0 Å². The van der Waals surface area contributed by atoms with E-state index in [2.05, 4.69) is 10.2 Å². The topological polar surface area (TPSA) is 24.5 Å². The van der Waals surface area contributed by atoms with Crippen molar-refractivity contribution >= 4 is 0 Å². The largest absolute Gasteiger partial charge is 0.384 e. The number of nitrogens with one attached hydrogen (secondary N) is 1. The molecular formula is C12H24N2O. The summed E-state index contributed by atoms with van der Waals surface area (Å²) in [6.45, 7) is 7.06. The third-order valence-electron chi connectivity index (χ3n) is 3.51. The number of hydrogen-bond donors (Lipinski definition) is 1. The number of methoxy groups -OCH3 is 1. The van der Waals surface area contributed by atoms with Gasteiger partial charge in [0.1, 0.15) is 0 Å². The van der Waals surface area contributed by atoms with Crippen molar-refractivity contribution in [2.24, 2.45) is 11.8 Å².